The maximum atomic E-state index is 14.1. The largest absolute Gasteiger partial charge is 0.508 e. The second kappa shape index (κ2) is 11.0. The number of aromatic hydroxyl groups is 1. The molecule has 1 amide bonds. The van der Waals surface area contributed by atoms with Crippen molar-refractivity contribution in [2.75, 3.05) is 52.7 Å². The van der Waals surface area contributed by atoms with Gasteiger partial charge in [0.2, 0.25) is 5.78 Å². The Morgan fingerprint density at radius 1 is 1.14 bits per heavy atom. The highest BCUT2D eigenvalue weighted by Crippen LogP contribution is 2.54. The zero-order valence-corrected chi connectivity index (χ0v) is 24.5. The fraction of sp³-hybridized carbons (Fsp3) is 0.567. The number of phenols is 1. The molecule has 1 aromatic rings. The van der Waals surface area contributed by atoms with Crippen LogP contribution in [0.5, 0.6) is 5.75 Å². The molecule has 0 unspecified atom stereocenters. The number of primary amides is 1. The van der Waals surface area contributed by atoms with Gasteiger partial charge in [-0.2, -0.15) is 0 Å². The fourth-order valence-corrected chi connectivity index (χ4v) is 7.38. The molecule has 0 spiro atoms. The van der Waals surface area contributed by atoms with Crippen LogP contribution in [-0.4, -0.2) is 102 Å². The molecule has 228 valence electrons. The molecular formula is C30H41N5O7. The number of piperidine rings is 1. The number of aliphatic hydroxyl groups is 3. The van der Waals surface area contributed by atoms with Gasteiger partial charge in [0.15, 0.2) is 11.4 Å². The van der Waals surface area contributed by atoms with Crippen LogP contribution in [0, 0.1) is 17.8 Å². The molecule has 42 heavy (non-hydrogen) atoms. The molecule has 0 radical (unpaired) electrons. The lowest BCUT2D eigenvalue weighted by atomic mass is 9.57. The number of amides is 1. The summed E-state index contributed by atoms with van der Waals surface area (Å²) in [4.78, 5) is 42.9. The second-order valence-electron chi connectivity index (χ2n) is 12.4. The first-order valence-electron chi connectivity index (χ1n) is 14.4. The van der Waals surface area contributed by atoms with E-state index in [0.717, 1.165) is 38.2 Å². The van der Waals surface area contributed by atoms with Crippen LogP contribution in [0.2, 0.25) is 0 Å². The molecule has 8 N–H and O–H groups in total. The number of phenolic OH excluding ortho intramolecular Hbond substituents is 1. The minimum Gasteiger partial charge on any atom is -0.508 e. The molecule has 1 heterocycles. The van der Waals surface area contributed by atoms with Gasteiger partial charge < -0.3 is 41.7 Å². The predicted molar refractivity (Wildman–Crippen MR) is 156 cm³/mol. The van der Waals surface area contributed by atoms with Gasteiger partial charge in [-0.3, -0.25) is 19.3 Å². The number of nitrogens with zero attached hydrogens (tertiary/aromatic N) is 2. The molecule has 4 atom stereocenters. The Morgan fingerprint density at radius 3 is 2.40 bits per heavy atom. The molecule has 0 bridgehead atoms. The van der Waals surface area contributed by atoms with Crippen molar-refractivity contribution in [1.82, 2.24) is 15.5 Å². The standard InChI is InChI=1S/C30H41N5O7/c1-34(2)19-11-16(13-33-12-14-5-7-32-8-6-14)24(36)21-17(19)9-15-10-18-23(35(3)4)26(38)22(29(31)41)28(40)30(18,42)27(39)20(15)25(21)37/h11,14-15,18,23,32-33,36-37,40,42H,5-10,12-13H2,1-4H3,(H2,31,41)/t15-,18-,23+,30-/m0/s1. The number of anilines is 1. The smallest absolute Gasteiger partial charge is 0.255 e. The average molecular weight is 584 g/mol. The highest BCUT2D eigenvalue weighted by Gasteiger charge is 2.64. The fourth-order valence-electron chi connectivity index (χ4n) is 7.38. The van der Waals surface area contributed by atoms with Gasteiger partial charge in [-0.1, -0.05) is 0 Å². The average Bonchev–Trinajstić information content (AvgIpc) is 2.92. The van der Waals surface area contributed by atoms with E-state index in [2.05, 4.69) is 10.6 Å². The van der Waals surface area contributed by atoms with Gasteiger partial charge in [-0.15, -0.1) is 0 Å². The van der Waals surface area contributed by atoms with Crippen molar-refractivity contribution in [2.45, 2.75) is 43.9 Å². The molecule has 2 fully saturated rings. The minimum atomic E-state index is -2.65. The molecule has 12 nitrogen and oxygen atoms in total. The highest BCUT2D eigenvalue weighted by molar-refractivity contribution is 6.24. The summed E-state index contributed by atoms with van der Waals surface area (Å²) in [5.74, 6) is -5.98. The van der Waals surface area contributed by atoms with Crippen LogP contribution in [0.1, 0.15) is 36.0 Å². The van der Waals surface area contributed by atoms with E-state index in [4.69, 9.17) is 5.73 Å². The summed E-state index contributed by atoms with van der Waals surface area (Å²) in [6, 6.07) is 0.765. The van der Waals surface area contributed by atoms with Crippen molar-refractivity contribution >= 4 is 28.9 Å². The van der Waals surface area contributed by atoms with E-state index >= 15 is 0 Å². The van der Waals surface area contributed by atoms with E-state index in [0.29, 0.717) is 23.6 Å². The van der Waals surface area contributed by atoms with Crippen molar-refractivity contribution in [3.05, 3.63) is 39.7 Å². The minimum absolute atomic E-state index is 0.0545. The molecule has 0 aromatic heterocycles. The van der Waals surface area contributed by atoms with Crippen LogP contribution in [0.3, 0.4) is 0 Å². The zero-order valence-electron chi connectivity index (χ0n) is 24.5. The first-order chi connectivity index (χ1) is 19.8. The van der Waals surface area contributed by atoms with E-state index in [1.165, 1.54) is 4.90 Å². The Labute approximate surface area is 244 Å². The molecule has 1 aromatic carbocycles. The molecule has 1 aliphatic heterocycles. The first-order valence-corrected chi connectivity index (χ1v) is 14.4. The Bertz CT molecular complexity index is 1390. The molecular weight excluding hydrogens is 542 g/mol. The van der Waals surface area contributed by atoms with E-state index in [-0.39, 0.29) is 29.7 Å². The molecule has 5 rings (SSSR count). The summed E-state index contributed by atoms with van der Waals surface area (Å²) in [5, 5.41) is 52.7. The maximum Gasteiger partial charge on any atom is 0.255 e. The molecule has 1 saturated heterocycles. The summed E-state index contributed by atoms with van der Waals surface area (Å²) in [7, 11) is 6.87. The van der Waals surface area contributed by atoms with E-state index in [9.17, 15) is 34.8 Å². The third-order valence-electron chi connectivity index (χ3n) is 9.47. The number of Topliss-reactive ketones (excluding diaryl/α,β-unsaturated/α-hetero) is 2. The summed E-state index contributed by atoms with van der Waals surface area (Å²) in [6.07, 6.45) is 2.42. The topological polar surface area (TPSA) is 189 Å². The van der Waals surface area contributed by atoms with Gasteiger partial charge in [-0.25, -0.2) is 0 Å². The molecule has 12 heteroatoms. The number of ketones is 2. The summed E-state index contributed by atoms with van der Waals surface area (Å²) in [5.41, 5.74) is 3.84. The SMILES string of the molecule is CN(C)c1cc(CNCC2CCNCC2)c(O)c2c1C[C@H]1C[C@H]3[C@@H](N(C)C)C(=O)C(C(N)=O)=C(O)[C@@]3(O)C(=O)C1=C2O. The first kappa shape index (κ1) is 30.0. The number of aliphatic hydroxyl groups excluding tert-OH is 2. The number of likely N-dealkylation sites (N-methyl/N-ethyl adjacent to an activating group) is 1. The molecule has 3 aliphatic carbocycles. The van der Waals surface area contributed by atoms with Gasteiger partial charge in [0.1, 0.15) is 22.8 Å². The lowest BCUT2D eigenvalue weighted by Gasteiger charge is -2.50. The van der Waals surface area contributed by atoms with Gasteiger partial charge >= 0.3 is 0 Å². The quantitative estimate of drug-likeness (QED) is 0.216. The Hall–Kier alpha value is -3.45. The number of rotatable bonds is 7. The monoisotopic (exact) mass is 583 g/mol. The summed E-state index contributed by atoms with van der Waals surface area (Å²) in [6.45, 7) is 3.06. The van der Waals surface area contributed by atoms with Gasteiger partial charge in [-0.05, 0) is 82.9 Å². The van der Waals surface area contributed by atoms with Gasteiger partial charge in [0, 0.05) is 43.4 Å². The van der Waals surface area contributed by atoms with E-state index in [1.54, 1.807) is 14.1 Å². The maximum absolute atomic E-state index is 14.1. The van der Waals surface area contributed by atoms with Crippen LogP contribution in [-0.2, 0) is 27.3 Å². The van der Waals surface area contributed by atoms with Crippen molar-refractivity contribution in [3.63, 3.8) is 0 Å². The Morgan fingerprint density at radius 2 is 1.81 bits per heavy atom. The predicted octanol–water partition coefficient (Wildman–Crippen LogP) is 0.119. The molecule has 1 saturated carbocycles. The lowest BCUT2D eigenvalue weighted by molar-refractivity contribution is -0.153. The summed E-state index contributed by atoms with van der Waals surface area (Å²) < 4.78 is 0. The number of carbonyl (C=O) groups is 3. The van der Waals surface area contributed by atoms with Gasteiger partial charge in [0.25, 0.3) is 5.91 Å². The summed E-state index contributed by atoms with van der Waals surface area (Å²) >= 11 is 0. The van der Waals surface area contributed by atoms with Crippen molar-refractivity contribution in [2.24, 2.45) is 23.5 Å². The van der Waals surface area contributed by atoms with E-state index < -0.39 is 58.0 Å². The van der Waals surface area contributed by atoms with Crippen LogP contribution in [0.4, 0.5) is 5.69 Å². The van der Waals surface area contributed by atoms with Crippen molar-refractivity contribution in [3.8, 4) is 5.75 Å². The normalized spacial score (nSPS) is 28.1. The Balaban J connectivity index is 1.60. The van der Waals surface area contributed by atoms with Gasteiger partial charge in [0.05, 0.1) is 11.6 Å². The van der Waals surface area contributed by atoms with E-state index in [1.807, 2.05) is 25.1 Å². The van der Waals surface area contributed by atoms with Crippen molar-refractivity contribution < 1.29 is 34.8 Å². The number of hydrogen-bond donors (Lipinski definition) is 7. The number of hydrogen-bond acceptors (Lipinski definition) is 11. The van der Waals surface area contributed by atoms with Crippen LogP contribution in [0.15, 0.2) is 23.0 Å². The van der Waals surface area contributed by atoms with Crippen LogP contribution in [0.25, 0.3) is 5.76 Å². The highest BCUT2D eigenvalue weighted by atomic mass is 16.3. The number of fused-ring (bicyclic) bond motifs is 3. The zero-order chi connectivity index (χ0) is 30.7. The number of nitrogens with two attached hydrogens (primary N) is 1. The Kier molecular flexibility index (Phi) is 7.86. The van der Waals surface area contributed by atoms with Crippen LogP contribution < -0.4 is 21.3 Å². The second-order valence-corrected chi connectivity index (χ2v) is 12.4. The number of nitrogens with one attached hydrogen (secondary N) is 2. The van der Waals surface area contributed by atoms with Crippen LogP contribution >= 0.6 is 0 Å². The number of carbonyl (C=O) groups excluding carboxylic acids is 3. The third-order valence-corrected chi connectivity index (χ3v) is 9.47. The van der Waals surface area contributed by atoms with Crippen molar-refractivity contribution in [1.29, 1.82) is 0 Å². The number of benzene rings is 1. The lowest BCUT2D eigenvalue weighted by Crippen LogP contribution is -2.65. The molecule has 4 aliphatic rings. The third kappa shape index (κ3) is 4.57.